The number of hydrogen-bond acceptors (Lipinski definition) is 5. The predicted molar refractivity (Wildman–Crippen MR) is 155 cm³/mol. The van der Waals surface area contributed by atoms with Gasteiger partial charge < -0.3 is 9.64 Å². The summed E-state index contributed by atoms with van der Waals surface area (Å²) in [6, 6.07) is 16.2. The summed E-state index contributed by atoms with van der Waals surface area (Å²) in [5, 5.41) is 0.798. The Morgan fingerprint density at radius 1 is 0.923 bits per heavy atom. The highest BCUT2D eigenvalue weighted by atomic mass is 35.5. The number of nitrogens with zero attached hydrogens (tertiary/aromatic N) is 2. The van der Waals surface area contributed by atoms with Crippen LogP contribution in [0.2, 0.25) is 20.1 Å². The Kier molecular flexibility index (Phi) is 8.45. The van der Waals surface area contributed by atoms with Crippen LogP contribution < -0.4 is 4.74 Å². The fourth-order valence-corrected chi connectivity index (χ4v) is 6.09. The molecular weight excluding hydrogens is 602 g/mol. The van der Waals surface area contributed by atoms with Crippen LogP contribution in [0.1, 0.15) is 22.3 Å². The number of fused-ring (bicyclic) bond motifs is 1. The van der Waals surface area contributed by atoms with Crippen molar-refractivity contribution in [1.82, 2.24) is 9.80 Å². The third kappa shape index (κ3) is 6.23. The number of thioether (sulfide) groups is 1. The van der Waals surface area contributed by atoms with Gasteiger partial charge in [0.15, 0.2) is 5.75 Å². The van der Waals surface area contributed by atoms with Gasteiger partial charge in [-0.2, -0.15) is 0 Å². The van der Waals surface area contributed by atoms with Gasteiger partial charge in [-0.1, -0.05) is 76.7 Å². The van der Waals surface area contributed by atoms with Crippen LogP contribution in [0.4, 0.5) is 4.79 Å². The van der Waals surface area contributed by atoms with Gasteiger partial charge >= 0.3 is 0 Å². The van der Waals surface area contributed by atoms with Crippen molar-refractivity contribution in [3.05, 3.63) is 102 Å². The van der Waals surface area contributed by atoms with E-state index in [1.807, 2.05) is 24.3 Å². The highest BCUT2D eigenvalue weighted by Crippen LogP contribution is 2.38. The first-order valence-electron chi connectivity index (χ1n) is 11.9. The number of imide groups is 1. The highest BCUT2D eigenvalue weighted by molar-refractivity contribution is 8.18. The highest BCUT2D eigenvalue weighted by Gasteiger charge is 2.37. The van der Waals surface area contributed by atoms with E-state index in [2.05, 4.69) is 0 Å². The minimum absolute atomic E-state index is 0.158. The molecule has 5 rings (SSSR count). The van der Waals surface area contributed by atoms with Crippen LogP contribution in [-0.2, 0) is 29.2 Å². The van der Waals surface area contributed by atoms with Gasteiger partial charge in [-0.05, 0) is 70.8 Å². The van der Waals surface area contributed by atoms with E-state index in [1.54, 1.807) is 35.2 Å². The Morgan fingerprint density at radius 3 is 2.36 bits per heavy atom. The molecule has 0 aliphatic carbocycles. The molecule has 2 aliphatic rings. The van der Waals surface area contributed by atoms with Crippen molar-refractivity contribution in [2.24, 2.45) is 0 Å². The summed E-state index contributed by atoms with van der Waals surface area (Å²) in [7, 11) is 0. The van der Waals surface area contributed by atoms with Gasteiger partial charge in [0.2, 0.25) is 5.91 Å². The largest absolute Gasteiger partial charge is 0.486 e. The van der Waals surface area contributed by atoms with Gasteiger partial charge in [0, 0.05) is 13.1 Å². The second kappa shape index (κ2) is 11.8. The molecule has 3 aromatic carbocycles. The van der Waals surface area contributed by atoms with Gasteiger partial charge in [0.25, 0.3) is 11.1 Å². The van der Waals surface area contributed by atoms with Gasteiger partial charge in [-0.25, -0.2) is 0 Å². The number of rotatable bonds is 6. The summed E-state index contributed by atoms with van der Waals surface area (Å²) < 4.78 is 5.79. The minimum atomic E-state index is -0.539. The molecule has 0 saturated carbocycles. The van der Waals surface area contributed by atoms with Crippen LogP contribution >= 0.6 is 58.2 Å². The normalized spacial score (nSPS) is 16.2. The molecule has 0 N–H and O–H groups in total. The van der Waals surface area contributed by atoms with Crippen LogP contribution in [0.5, 0.6) is 5.75 Å². The van der Waals surface area contributed by atoms with E-state index in [9.17, 15) is 14.4 Å². The molecule has 0 spiro atoms. The number of halogens is 4. The molecule has 1 saturated heterocycles. The van der Waals surface area contributed by atoms with Crippen molar-refractivity contribution in [1.29, 1.82) is 0 Å². The average Bonchev–Trinajstić information content (AvgIpc) is 3.17. The number of carbonyl (C=O) groups is 3. The summed E-state index contributed by atoms with van der Waals surface area (Å²) in [6.45, 7) is 0.842. The Bertz CT molecular complexity index is 1500. The van der Waals surface area contributed by atoms with Crippen LogP contribution in [0, 0.1) is 0 Å². The number of amides is 3. The fourth-order valence-electron chi connectivity index (χ4n) is 4.32. The van der Waals surface area contributed by atoms with Crippen molar-refractivity contribution < 1.29 is 19.1 Å². The first kappa shape index (κ1) is 27.9. The maximum atomic E-state index is 13.0. The summed E-state index contributed by atoms with van der Waals surface area (Å²) in [4.78, 5) is 41.4. The average molecular weight is 622 g/mol. The summed E-state index contributed by atoms with van der Waals surface area (Å²) in [6.07, 6.45) is 2.26. The van der Waals surface area contributed by atoms with Gasteiger partial charge in [-0.3, -0.25) is 19.3 Å². The monoisotopic (exact) mass is 620 g/mol. The molecule has 0 bridgehead atoms. The zero-order chi connectivity index (χ0) is 27.7. The number of benzene rings is 3. The van der Waals surface area contributed by atoms with Crippen molar-refractivity contribution in [2.75, 3.05) is 13.1 Å². The quantitative estimate of drug-likeness (QED) is 0.267. The lowest BCUT2D eigenvalue weighted by Crippen LogP contribution is -2.44. The minimum Gasteiger partial charge on any atom is -0.486 e. The van der Waals surface area contributed by atoms with Gasteiger partial charge in [0.1, 0.15) is 13.2 Å². The Hall–Kier alpha value is -2.68. The Morgan fingerprint density at radius 2 is 1.64 bits per heavy atom. The topological polar surface area (TPSA) is 66.9 Å². The molecule has 11 heteroatoms. The maximum Gasteiger partial charge on any atom is 0.294 e. The molecule has 3 aromatic rings. The Labute approximate surface area is 249 Å². The van der Waals surface area contributed by atoms with E-state index >= 15 is 0 Å². The van der Waals surface area contributed by atoms with E-state index in [1.165, 1.54) is 11.6 Å². The van der Waals surface area contributed by atoms with Crippen molar-refractivity contribution in [3.8, 4) is 5.75 Å². The second-order valence-corrected chi connectivity index (χ2v) is 11.6. The van der Waals surface area contributed by atoms with E-state index in [0.29, 0.717) is 28.7 Å². The van der Waals surface area contributed by atoms with Crippen LogP contribution in [0.3, 0.4) is 0 Å². The van der Waals surface area contributed by atoms with Crippen molar-refractivity contribution in [2.45, 2.75) is 19.6 Å². The molecule has 1 fully saturated rings. The molecular formula is C28H20Cl4N2O4S. The van der Waals surface area contributed by atoms with Crippen LogP contribution in [0.25, 0.3) is 6.08 Å². The molecule has 3 amide bonds. The molecule has 0 unspecified atom stereocenters. The van der Waals surface area contributed by atoms with Crippen LogP contribution in [-0.4, -0.2) is 39.9 Å². The SMILES string of the molecule is O=C(CN1C(=O)S/C(=C\c2cc(Cl)c(OCc3ccc(Cl)c(Cl)c3)c(Cl)c2)C1=O)N1CCc2ccccc2C1. The smallest absolute Gasteiger partial charge is 0.294 e. The Balaban J connectivity index is 1.25. The standard InChI is InChI=1S/C28H20Cl4N2O4S/c29-20-6-5-16(9-21(20)30)15-38-26-22(31)10-17(11-23(26)32)12-24-27(36)34(28(37)39-24)14-25(35)33-8-7-18-3-1-2-4-19(18)13-33/h1-6,9-12H,7-8,13-15H2/b24-12-. The molecule has 200 valence electrons. The molecule has 2 heterocycles. The van der Waals surface area contributed by atoms with Gasteiger partial charge in [-0.15, -0.1) is 0 Å². The first-order valence-corrected chi connectivity index (χ1v) is 14.2. The first-order chi connectivity index (χ1) is 18.7. The zero-order valence-electron chi connectivity index (χ0n) is 20.3. The molecule has 6 nitrogen and oxygen atoms in total. The lowest BCUT2D eigenvalue weighted by atomic mass is 10.00. The molecule has 0 radical (unpaired) electrons. The van der Waals surface area contributed by atoms with Crippen molar-refractivity contribution >= 4 is 81.3 Å². The molecule has 0 atom stereocenters. The van der Waals surface area contributed by atoms with Crippen LogP contribution in [0.15, 0.2) is 59.5 Å². The molecule has 2 aliphatic heterocycles. The summed E-state index contributed by atoms with van der Waals surface area (Å²) >= 11 is 25.6. The van der Waals surface area contributed by atoms with E-state index < -0.39 is 11.1 Å². The third-order valence-corrected chi connectivity index (χ3v) is 8.54. The summed E-state index contributed by atoms with van der Waals surface area (Å²) in [5.41, 5.74) is 3.57. The summed E-state index contributed by atoms with van der Waals surface area (Å²) in [5.74, 6) is -0.547. The van der Waals surface area contributed by atoms with Gasteiger partial charge in [0.05, 0.1) is 25.0 Å². The number of hydrogen-bond donors (Lipinski definition) is 0. The maximum absolute atomic E-state index is 13.0. The van der Waals surface area contributed by atoms with E-state index in [-0.39, 0.29) is 39.8 Å². The zero-order valence-corrected chi connectivity index (χ0v) is 24.1. The number of ether oxygens (including phenoxy) is 1. The van der Waals surface area contributed by atoms with E-state index in [4.69, 9.17) is 51.1 Å². The fraction of sp³-hybridized carbons (Fsp3) is 0.179. The molecule has 39 heavy (non-hydrogen) atoms. The lowest BCUT2D eigenvalue weighted by molar-refractivity contribution is -0.136. The third-order valence-electron chi connectivity index (χ3n) is 6.34. The van der Waals surface area contributed by atoms with Crippen molar-refractivity contribution in [3.63, 3.8) is 0 Å². The predicted octanol–water partition coefficient (Wildman–Crippen LogP) is 7.50. The lowest BCUT2D eigenvalue weighted by Gasteiger charge is -2.29. The number of carbonyl (C=O) groups excluding carboxylic acids is 3. The second-order valence-electron chi connectivity index (χ2n) is 8.95. The molecule has 0 aromatic heterocycles. The van der Waals surface area contributed by atoms with E-state index in [0.717, 1.165) is 34.2 Å².